The summed E-state index contributed by atoms with van der Waals surface area (Å²) in [5.74, 6) is -0.891. The largest absolute Gasteiger partial charge is 0.390 e. The first-order chi connectivity index (χ1) is 23.7. The van der Waals surface area contributed by atoms with Crippen LogP contribution in [-0.2, 0) is 34.3 Å². The predicted octanol–water partition coefficient (Wildman–Crippen LogP) is 4.62. The predicted molar refractivity (Wildman–Crippen MR) is 190 cm³/mol. The fourth-order valence-electron chi connectivity index (χ4n) is 6.00. The van der Waals surface area contributed by atoms with Crippen molar-refractivity contribution in [3.63, 3.8) is 0 Å². The smallest absolute Gasteiger partial charge is 0.324 e. The van der Waals surface area contributed by atoms with Gasteiger partial charge in [-0.05, 0) is 47.1 Å². The lowest BCUT2D eigenvalue weighted by Gasteiger charge is -2.34. The summed E-state index contributed by atoms with van der Waals surface area (Å²) < 4.78 is 28.9. The lowest BCUT2D eigenvalue weighted by atomic mass is 9.97. The van der Waals surface area contributed by atoms with Crippen molar-refractivity contribution in [2.45, 2.75) is 70.3 Å². The number of hydrogen-bond donors (Lipinski definition) is 2. The van der Waals surface area contributed by atoms with Crippen molar-refractivity contribution in [1.82, 2.24) is 19.4 Å². The van der Waals surface area contributed by atoms with E-state index >= 15 is 0 Å². The van der Waals surface area contributed by atoms with Crippen molar-refractivity contribution >= 4 is 38.3 Å². The minimum Gasteiger partial charge on any atom is -0.390 e. The molecule has 0 radical (unpaired) electrons. The Morgan fingerprint density at radius 3 is 2.30 bits per heavy atom. The standard InChI is InChI=1S/C34H44N6O8S2/c1-23(2)19-38(50(47,48)28-12-10-26(11-13-28)18-35-44)21-30(41)29(16-25-8-6-5-7-9-25)36-33(42)32(24(3)4)39-15-14-37(34(39)43)20-27-17-31(40(45)46)49-22-27/h5-13,17,22-24,29-30,32,41H,14-16,18-21H2,1-4H3,(H,36,42)/t29-,30+,32-/m0/s1. The fraction of sp³-hybridized carbons (Fsp3) is 0.471. The molecular weight excluding hydrogens is 685 g/mol. The van der Waals surface area contributed by atoms with E-state index in [1.165, 1.54) is 39.5 Å². The second-order valence-electron chi connectivity index (χ2n) is 13.2. The molecule has 1 aliphatic heterocycles. The molecule has 3 amide bonds. The molecule has 1 aliphatic rings. The molecule has 14 nitrogen and oxygen atoms in total. The van der Waals surface area contributed by atoms with Gasteiger partial charge in [-0.1, -0.05) is 86.7 Å². The van der Waals surface area contributed by atoms with Crippen LogP contribution < -0.4 is 5.32 Å². The Bertz CT molecular complexity index is 1730. The highest BCUT2D eigenvalue weighted by atomic mass is 32.2. The van der Waals surface area contributed by atoms with Crippen molar-refractivity contribution < 1.29 is 28.0 Å². The molecule has 50 heavy (non-hydrogen) atoms. The van der Waals surface area contributed by atoms with Gasteiger partial charge in [-0.3, -0.25) is 14.9 Å². The number of aliphatic hydroxyl groups excluding tert-OH is 1. The number of nitrogens with zero attached hydrogens (tertiary/aromatic N) is 5. The molecule has 16 heteroatoms. The molecule has 4 rings (SSSR count). The van der Waals surface area contributed by atoms with Crippen LogP contribution in [-0.4, -0.2) is 88.9 Å². The summed E-state index contributed by atoms with van der Waals surface area (Å²) in [6, 6.07) is 14.3. The van der Waals surface area contributed by atoms with Crippen LogP contribution in [0.4, 0.5) is 9.80 Å². The van der Waals surface area contributed by atoms with E-state index in [2.05, 4.69) is 10.5 Å². The Balaban J connectivity index is 1.56. The molecule has 1 fully saturated rings. The topological polar surface area (TPSA) is 183 Å². The number of aliphatic hydroxyl groups is 1. The number of nitro groups is 1. The third-order valence-corrected chi connectivity index (χ3v) is 11.2. The Hall–Kier alpha value is -4.25. The van der Waals surface area contributed by atoms with Gasteiger partial charge >= 0.3 is 11.0 Å². The molecule has 270 valence electrons. The van der Waals surface area contributed by atoms with Crippen LogP contribution in [0, 0.1) is 26.9 Å². The first-order valence-corrected chi connectivity index (χ1v) is 18.7. The van der Waals surface area contributed by atoms with Crippen LogP contribution in [0.1, 0.15) is 44.4 Å². The zero-order valence-electron chi connectivity index (χ0n) is 28.5. The van der Waals surface area contributed by atoms with E-state index in [0.29, 0.717) is 17.7 Å². The normalized spacial score (nSPS) is 15.5. The SMILES string of the molecule is CC(C)CN(C[C@@H](O)[C@H](Cc1ccccc1)NC(=O)[C@H](C(C)C)N1CCN(Cc2csc([N+](=O)[O-])c2)C1=O)S(=O)(=O)c1ccc(CN=O)cc1. The van der Waals surface area contributed by atoms with Gasteiger partial charge in [0.25, 0.3) is 0 Å². The number of amides is 3. The van der Waals surface area contributed by atoms with Crippen LogP contribution in [0.2, 0.25) is 0 Å². The maximum absolute atomic E-state index is 14.1. The summed E-state index contributed by atoms with van der Waals surface area (Å²) >= 11 is 0.985. The summed E-state index contributed by atoms with van der Waals surface area (Å²) in [5, 5.41) is 30.3. The molecule has 0 aliphatic carbocycles. The molecule has 0 saturated carbocycles. The number of rotatable bonds is 18. The van der Waals surface area contributed by atoms with Crippen molar-refractivity contribution in [3.05, 3.63) is 97.8 Å². The number of urea groups is 1. The minimum absolute atomic E-state index is 0.00216. The van der Waals surface area contributed by atoms with E-state index in [0.717, 1.165) is 16.9 Å². The second kappa shape index (κ2) is 17.1. The first kappa shape index (κ1) is 38.6. The third-order valence-electron chi connectivity index (χ3n) is 8.41. The van der Waals surface area contributed by atoms with Gasteiger partial charge in [0.2, 0.25) is 15.9 Å². The summed E-state index contributed by atoms with van der Waals surface area (Å²) in [6.07, 6.45) is -1.14. The molecule has 0 bridgehead atoms. The van der Waals surface area contributed by atoms with Crippen LogP contribution in [0.25, 0.3) is 0 Å². The van der Waals surface area contributed by atoms with Crippen LogP contribution >= 0.6 is 11.3 Å². The number of carbonyl (C=O) groups is 2. The average molecular weight is 729 g/mol. The number of benzene rings is 2. The van der Waals surface area contributed by atoms with Gasteiger partial charge < -0.3 is 20.2 Å². The quantitative estimate of drug-likeness (QED) is 0.108. The van der Waals surface area contributed by atoms with Crippen LogP contribution in [0.15, 0.2) is 76.1 Å². The van der Waals surface area contributed by atoms with Crippen molar-refractivity contribution in [2.24, 2.45) is 17.0 Å². The highest BCUT2D eigenvalue weighted by molar-refractivity contribution is 7.89. The van der Waals surface area contributed by atoms with Gasteiger partial charge in [0, 0.05) is 44.2 Å². The van der Waals surface area contributed by atoms with E-state index in [1.807, 2.05) is 58.0 Å². The van der Waals surface area contributed by atoms with Crippen LogP contribution in [0.5, 0.6) is 0 Å². The third kappa shape index (κ3) is 9.71. The van der Waals surface area contributed by atoms with E-state index in [9.17, 15) is 38.1 Å². The zero-order valence-corrected chi connectivity index (χ0v) is 30.2. The number of sulfonamides is 1. The Labute approximate surface area is 296 Å². The summed E-state index contributed by atoms with van der Waals surface area (Å²) in [6.45, 7) is 7.80. The molecular formula is C34H44N6O8S2. The second-order valence-corrected chi connectivity index (χ2v) is 16.0. The van der Waals surface area contributed by atoms with Crippen molar-refractivity contribution in [1.29, 1.82) is 0 Å². The number of nitroso groups, excluding NO2 is 1. The zero-order chi connectivity index (χ0) is 36.6. The maximum atomic E-state index is 14.1. The minimum atomic E-state index is -4.09. The molecule has 0 unspecified atom stereocenters. The lowest BCUT2D eigenvalue weighted by Crippen LogP contribution is -2.57. The molecule has 1 saturated heterocycles. The van der Waals surface area contributed by atoms with E-state index in [1.54, 1.807) is 10.3 Å². The van der Waals surface area contributed by atoms with Crippen molar-refractivity contribution in [3.8, 4) is 0 Å². The van der Waals surface area contributed by atoms with Gasteiger partial charge in [0.1, 0.15) is 12.6 Å². The number of thiophene rings is 1. The number of carbonyl (C=O) groups excluding carboxylic acids is 2. The average Bonchev–Trinajstić information content (AvgIpc) is 3.68. The maximum Gasteiger partial charge on any atom is 0.324 e. The van der Waals surface area contributed by atoms with Gasteiger partial charge in [-0.15, -0.1) is 0 Å². The number of nitrogens with one attached hydrogen (secondary N) is 1. The highest BCUT2D eigenvalue weighted by Gasteiger charge is 2.40. The monoisotopic (exact) mass is 728 g/mol. The molecule has 2 N–H and O–H groups in total. The molecule has 2 aromatic carbocycles. The van der Waals surface area contributed by atoms with Crippen molar-refractivity contribution in [2.75, 3.05) is 26.2 Å². The first-order valence-electron chi connectivity index (χ1n) is 16.4. The van der Waals surface area contributed by atoms with E-state index in [-0.39, 0.29) is 66.9 Å². The van der Waals surface area contributed by atoms with E-state index < -0.39 is 39.0 Å². The number of hydrogen-bond acceptors (Lipinski definition) is 10. The van der Waals surface area contributed by atoms with E-state index in [4.69, 9.17) is 0 Å². The van der Waals surface area contributed by atoms with Crippen LogP contribution in [0.3, 0.4) is 0 Å². The highest BCUT2D eigenvalue weighted by Crippen LogP contribution is 2.27. The molecule has 0 spiro atoms. The van der Waals surface area contributed by atoms with Gasteiger partial charge in [0.05, 0.1) is 22.0 Å². The lowest BCUT2D eigenvalue weighted by molar-refractivity contribution is -0.380. The molecule has 1 aromatic heterocycles. The summed E-state index contributed by atoms with van der Waals surface area (Å²) in [4.78, 5) is 52.0. The fourth-order valence-corrected chi connectivity index (χ4v) is 8.34. The van der Waals surface area contributed by atoms with Gasteiger partial charge in [-0.25, -0.2) is 13.2 Å². The Morgan fingerprint density at radius 2 is 1.72 bits per heavy atom. The Morgan fingerprint density at radius 1 is 1.04 bits per heavy atom. The molecule has 3 atom stereocenters. The molecule has 3 aromatic rings. The van der Waals surface area contributed by atoms with Gasteiger partial charge in [-0.2, -0.15) is 9.21 Å². The summed E-state index contributed by atoms with van der Waals surface area (Å²) in [7, 11) is -4.09. The molecule has 2 heterocycles. The van der Waals surface area contributed by atoms with Gasteiger partial charge in [0.15, 0.2) is 0 Å². The summed E-state index contributed by atoms with van der Waals surface area (Å²) in [5.41, 5.74) is 2.00. The Kier molecular flexibility index (Phi) is 13.2.